The molecule has 0 amide bonds. The second kappa shape index (κ2) is 7.63. The van der Waals surface area contributed by atoms with Gasteiger partial charge in [0.05, 0.1) is 23.7 Å². The summed E-state index contributed by atoms with van der Waals surface area (Å²) in [4.78, 5) is 15.3. The number of hydrogen-bond acceptors (Lipinski definition) is 6. The monoisotopic (exact) mass is 357 g/mol. The maximum Gasteiger partial charge on any atom is 0.362 e. The highest BCUT2D eigenvalue weighted by Gasteiger charge is 2.20. The fourth-order valence-corrected chi connectivity index (χ4v) is 2.06. The maximum atomic E-state index is 11.9. The van der Waals surface area contributed by atoms with E-state index in [4.69, 9.17) is 27.9 Å². The van der Waals surface area contributed by atoms with Gasteiger partial charge in [0.25, 0.3) is 0 Å². The normalized spacial score (nSPS) is 10.9. The third-order valence-corrected chi connectivity index (χ3v) is 3.70. The van der Waals surface area contributed by atoms with Crippen LogP contribution in [0.15, 0.2) is 18.2 Å². The molecule has 0 radical (unpaired) electrons. The van der Waals surface area contributed by atoms with E-state index in [-0.39, 0.29) is 5.69 Å². The van der Waals surface area contributed by atoms with Gasteiger partial charge < -0.3 is 15.0 Å². The molecule has 0 atom stereocenters. The highest BCUT2D eigenvalue weighted by molar-refractivity contribution is 6.42. The quantitative estimate of drug-likeness (QED) is 0.801. The Labute approximate surface area is 144 Å². The van der Waals surface area contributed by atoms with E-state index in [2.05, 4.69) is 15.5 Å². The molecule has 0 saturated carbocycles. The fourth-order valence-electron chi connectivity index (χ4n) is 1.77. The van der Waals surface area contributed by atoms with Gasteiger partial charge in [0, 0.05) is 12.2 Å². The number of methoxy groups -OCH3 is 1. The van der Waals surface area contributed by atoms with Gasteiger partial charge in [-0.1, -0.05) is 23.2 Å². The fraction of sp³-hybridized carbons (Fsp3) is 0.357. The van der Waals surface area contributed by atoms with Gasteiger partial charge in [-0.15, -0.1) is 10.2 Å². The average molecular weight is 358 g/mol. The molecule has 0 saturated heterocycles. The predicted molar refractivity (Wildman–Crippen MR) is 89.7 cm³/mol. The van der Waals surface area contributed by atoms with Crippen molar-refractivity contribution in [2.24, 2.45) is 0 Å². The lowest BCUT2D eigenvalue weighted by Gasteiger charge is -2.07. The number of aromatic nitrogens is 3. The molecule has 0 unspecified atom stereocenters. The first-order valence-corrected chi connectivity index (χ1v) is 7.56. The molecule has 2 aromatic rings. The summed E-state index contributed by atoms with van der Waals surface area (Å²) in [5, 5.41) is 12.3. The summed E-state index contributed by atoms with van der Waals surface area (Å²) >= 11 is 11.9. The molecule has 0 aliphatic heterocycles. The molecule has 23 heavy (non-hydrogen) atoms. The smallest absolute Gasteiger partial charge is 0.362 e. The zero-order chi connectivity index (χ0) is 17.0. The molecule has 1 N–H and O–H groups in total. The van der Waals surface area contributed by atoms with Crippen molar-refractivity contribution in [3.8, 4) is 0 Å². The van der Waals surface area contributed by atoms with Crippen LogP contribution in [0.5, 0.6) is 0 Å². The molecule has 0 spiro atoms. The van der Waals surface area contributed by atoms with Crippen molar-refractivity contribution < 1.29 is 9.53 Å². The summed E-state index contributed by atoms with van der Waals surface area (Å²) in [5.41, 5.74) is 0.751. The molecule has 1 heterocycles. The van der Waals surface area contributed by atoms with E-state index < -0.39 is 5.97 Å². The van der Waals surface area contributed by atoms with Crippen molar-refractivity contribution in [3.05, 3.63) is 33.9 Å². The number of hydrogen-bond donors (Lipinski definition) is 1. The van der Waals surface area contributed by atoms with Crippen LogP contribution in [0.2, 0.25) is 10.0 Å². The van der Waals surface area contributed by atoms with Gasteiger partial charge in [-0.2, -0.15) is 4.80 Å². The van der Waals surface area contributed by atoms with Crippen molar-refractivity contribution in [2.75, 3.05) is 33.1 Å². The van der Waals surface area contributed by atoms with Crippen molar-refractivity contribution in [3.63, 3.8) is 0 Å². The van der Waals surface area contributed by atoms with Crippen molar-refractivity contribution in [1.29, 1.82) is 0 Å². The molecular weight excluding hydrogens is 341 g/mol. The van der Waals surface area contributed by atoms with Crippen LogP contribution < -0.4 is 5.32 Å². The first-order valence-electron chi connectivity index (χ1n) is 6.81. The number of ether oxygens (including phenoxy) is 1. The Bertz CT molecular complexity index is 702. The number of benzene rings is 1. The van der Waals surface area contributed by atoms with Crippen LogP contribution in [0.3, 0.4) is 0 Å². The second-order valence-corrected chi connectivity index (χ2v) is 5.86. The zero-order valence-corrected chi connectivity index (χ0v) is 14.5. The number of carbonyl (C=O) groups excluding carboxylic acids is 1. The maximum absolute atomic E-state index is 11.9. The molecule has 2 rings (SSSR count). The van der Waals surface area contributed by atoms with E-state index in [1.807, 2.05) is 19.0 Å². The Kier molecular flexibility index (Phi) is 5.81. The molecule has 7 nitrogen and oxygen atoms in total. The van der Waals surface area contributed by atoms with E-state index in [1.165, 1.54) is 11.9 Å². The Morgan fingerprint density at radius 2 is 2.04 bits per heavy atom. The summed E-state index contributed by atoms with van der Waals surface area (Å²) in [6, 6.07) is 5.03. The Morgan fingerprint density at radius 3 is 2.65 bits per heavy atom. The second-order valence-electron chi connectivity index (χ2n) is 5.04. The van der Waals surface area contributed by atoms with E-state index in [0.29, 0.717) is 28.1 Å². The number of nitrogens with one attached hydrogen (secondary N) is 1. The van der Waals surface area contributed by atoms with Crippen LogP contribution in [-0.4, -0.2) is 53.6 Å². The number of carbonyl (C=O) groups is 1. The van der Waals surface area contributed by atoms with Crippen LogP contribution in [0, 0.1) is 0 Å². The van der Waals surface area contributed by atoms with Gasteiger partial charge in [-0.25, -0.2) is 4.79 Å². The third kappa shape index (κ3) is 4.57. The minimum absolute atomic E-state index is 0.109. The summed E-state index contributed by atoms with van der Waals surface area (Å²) in [6.45, 7) is 1.28. The largest absolute Gasteiger partial charge is 0.464 e. The SMILES string of the molecule is COC(=O)c1nn(CCN(C)C)nc1Nc1ccc(Cl)c(Cl)c1. The van der Waals surface area contributed by atoms with E-state index in [9.17, 15) is 4.79 Å². The van der Waals surface area contributed by atoms with Gasteiger partial charge in [-0.05, 0) is 32.3 Å². The van der Waals surface area contributed by atoms with Gasteiger partial charge in [0.15, 0.2) is 5.82 Å². The molecule has 9 heteroatoms. The molecule has 0 aliphatic rings. The first-order chi connectivity index (χ1) is 10.9. The minimum Gasteiger partial charge on any atom is -0.464 e. The predicted octanol–water partition coefficient (Wildman–Crippen LogP) is 2.68. The number of rotatable bonds is 6. The molecule has 124 valence electrons. The van der Waals surface area contributed by atoms with Crippen molar-refractivity contribution >= 4 is 40.7 Å². The van der Waals surface area contributed by atoms with Crippen LogP contribution in [0.4, 0.5) is 11.5 Å². The van der Waals surface area contributed by atoms with Gasteiger partial charge >= 0.3 is 5.97 Å². The lowest BCUT2D eigenvalue weighted by atomic mass is 10.3. The molecular formula is C14H17Cl2N5O2. The number of esters is 1. The van der Waals surface area contributed by atoms with Crippen LogP contribution in [-0.2, 0) is 11.3 Å². The number of likely N-dealkylation sites (N-methyl/N-ethyl adjacent to an activating group) is 1. The number of anilines is 2. The van der Waals surface area contributed by atoms with Crippen LogP contribution in [0.25, 0.3) is 0 Å². The standard InChI is InChI=1S/C14H17Cl2N5O2/c1-20(2)6-7-21-18-12(14(22)23-3)13(19-21)17-9-4-5-10(15)11(16)8-9/h4-5,8H,6-7H2,1-3H3,(H,17,19). The number of nitrogens with zero attached hydrogens (tertiary/aromatic N) is 4. The average Bonchev–Trinajstić information content (AvgIpc) is 2.91. The molecule has 1 aromatic heterocycles. The van der Waals surface area contributed by atoms with Gasteiger partial charge in [0.2, 0.25) is 5.69 Å². The highest BCUT2D eigenvalue weighted by Crippen LogP contribution is 2.27. The summed E-state index contributed by atoms with van der Waals surface area (Å²) in [6.07, 6.45) is 0. The Morgan fingerprint density at radius 1 is 1.30 bits per heavy atom. The van der Waals surface area contributed by atoms with Crippen molar-refractivity contribution in [2.45, 2.75) is 6.54 Å². The van der Waals surface area contributed by atoms with Gasteiger partial charge in [-0.3, -0.25) is 0 Å². The zero-order valence-electron chi connectivity index (χ0n) is 13.0. The topological polar surface area (TPSA) is 72.3 Å². The first kappa shape index (κ1) is 17.5. The lowest BCUT2D eigenvalue weighted by molar-refractivity contribution is 0.0594. The van der Waals surface area contributed by atoms with Crippen molar-refractivity contribution in [1.82, 2.24) is 19.9 Å². The Balaban J connectivity index is 2.27. The van der Waals surface area contributed by atoms with Gasteiger partial charge in [0.1, 0.15) is 0 Å². The molecule has 0 bridgehead atoms. The summed E-state index contributed by atoms with van der Waals surface area (Å²) in [7, 11) is 5.18. The number of halogens is 2. The Hall–Kier alpha value is -1.83. The highest BCUT2D eigenvalue weighted by atomic mass is 35.5. The molecule has 0 fully saturated rings. The molecule has 0 aliphatic carbocycles. The lowest BCUT2D eigenvalue weighted by Crippen LogP contribution is -2.20. The van der Waals surface area contributed by atoms with Crippen LogP contribution >= 0.6 is 23.2 Å². The molecule has 1 aromatic carbocycles. The van der Waals surface area contributed by atoms with Crippen LogP contribution in [0.1, 0.15) is 10.5 Å². The van der Waals surface area contributed by atoms with E-state index >= 15 is 0 Å². The minimum atomic E-state index is -0.566. The summed E-state index contributed by atoms with van der Waals surface area (Å²) in [5.74, 6) is -0.266. The summed E-state index contributed by atoms with van der Waals surface area (Å²) < 4.78 is 4.74. The van der Waals surface area contributed by atoms with E-state index in [1.54, 1.807) is 18.2 Å². The third-order valence-electron chi connectivity index (χ3n) is 2.96. The van der Waals surface area contributed by atoms with E-state index in [0.717, 1.165) is 6.54 Å².